The van der Waals surface area contributed by atoms with Gasteiger partial charge in [0.25, 0.3) is 0 Å². The molecular formula is C25H33NO3. The second kappa shape index (κ2) is 11.7. The molecule has 0 aliphatic heterocycles. The molecule has 1 saturated carbocycles. The van der Waals surface area contributed by atoms with Crippen molar-refractivity contribution in [2.45, 2.75) is 64.3 Å². The van der Waals surface area contributed by atoms with Gasteiger partial charge in [-0.3, -0.25) is 9.69 Å². The predicted molar refractivity (Wildman–Crippen MR) is 115 cm³/mol. The Morgan fingerprint density at radius 3 is 1.93 bits per heavy atom. The number of benzene rings is 2. The molecule has 2 aromatic carbocycles. The molecule has 1 aliphatic carbocycles. The van der Waals surface area contributed by atoms with Crippen LogP contribution in [0, 0.1) is 0 Å². The van der Waals surface area contributed by atoms with Crippen molar-refractivity contribution < 1.29 is 14.3 Å². The third kappa shape index (κ3) is 7.30. The zero-order valence-electron chi connectivity index (χ0n) is 17.5. The summed E-state index contributed by atoms with van der Waals surface area (Å²) in [6.07, 6.45) is 5.10. The van der Waals surface area contributed by atoms with E-state index in [4.69, 9.17) is 9.47 Å². The van der Waals surface area contributed by atoms with E-state index < -0.39 is 0 Å². The van der Waals surface area contributed by atoms with Crippen molar-refractivity contribution in [1.29, 1.82) is 0 Å². The summed E-state index contributed by atoms with van der Waals surface area (Å²) >= 11 is 0. The summed E-state index contributed by atoms with van der Waals surface area (Å²) < 4.78 is 11.0. The highest BCUT2D eigenvalue weighted by molar-refractivity contribution is 5.68. The van der Waals surface area contributed by atoms with E-state index in [0.29, 0.717) is 25.7 Å². The molecule has 0 bridgehead atoms. The van der Waals surface area contributed by atoms with Crippen LogP contribution in [0.4, 0.5) is 0 Å². The van der Waals surface area contributed by atoms with Crippen molar-refractivity contribution in [3.05, 3.63) is 71.8 Å². The zero-order chi connectivity index (χ0) is 20.3. The van der Waals surface area contributed by atoms with Crippen molar-refractivity contribution in [3.63, 3.8) is 0 Å². The average Bonchev–Trinajstić information content (AvgIpc) is 2.78. The van der Waals surface area contributed by atoms with Gasteiger partial charge >= 0.3 is 5.97 Å². The fourth-order valence-corrected chi connectivity index (χ4v) is 4.00. The summed E-state index contributed by atoms with van der Waals surface area (Å²) in [5.74, 6) is -0.158. The van der Waals surface area contributed by atoms with Crippen LogP contribution in [0.3, 0.4) is 0 Å². The molecule has 0 unspecified atom stereocenters. The van der Waals surface area contributed by atoms with Crippen LogP contribution in [0.25, 0.3) is 0 Å². The second-order valence-corrected chi connectivity index (χ2v) is 7.75. The summed E-state index contributed by atoms with van der Waals surface area (Å²) in [4.78, 5) is 13.8. The van der Waals surface area contributed by atoms with Gasteiger partial charge in [-0.05, 0) is 36.8 Å². The van der Waals surface area contributed by atoms with Crippen LogP contribution in [-0.2, 0) is 27.4 Å². The molecular weight excluding hydrogens is 362 g/mol. The van der Waals surface area contributed by atoms with Crippen molar-refractivity contribution in [1.82, 2.24) is 4.90 Å². The number of ether oxygens (including phenoxy) is 2. The van der Waals surface area contributed by atoms with Crippen molar-refractivity contribution in [2.24, 2.45) is 0 Å². The minimum absolute atomic E-state index is 0.158. The first kappa shape index (κ1) is 21.5. The van der Waals surface area contributed by atoms with Crippen molar-refractivity contribution in [3.8, 4) is 0 Å². The van der Waals surface area contributed by atoms with Gasteiger partial charge in [0.1, 0.15) is 6.61 Å². The van der Waals surface area contributed by atoms with E-state index in [2.05, 4.69) is 65.6 Å². The minimum atomic E-state index is -0.158. The number of carbonyl (C=O) groups is 1. The molecule has 0 aromatic heterocycles. The minimum Gasteiger partial charge on any atom is -0.463 e. The first-order valence-electron chi connectivity index (χ1n) is 10.8. The maximum absolute atomic E-state index is 11.2. The third-order valence-electron chi connectivity index (χ3n) is 5.61. The molecule has 0 atom stereocenters. The lowest BCUT2D eigenvalue weighted by Gasteiger charge is -2.37. The standard InChI is InChI=1S/C25H33NO3/c1-2-25(27)29-18-17-28-24-15-13-23(14-16-24)26(19-21-9-5-3-6-10-21)20-22-11-7-4-8-12-22/h3-12,23-24H,2,13-20H2,1H3. The number of rotatable bonds is 10. The molecule has 0 heterocycles. The van der Waals surface area contributed by atoms with Gasteiger partial charge < -0.3 is 9.47 Å². The van der Waals surface area contributed by atoms with Crippen LogP contribution in [0.5, 0.6) is 0 Å². The van der Waals surface area contributed by atoms with Gasteiger partial charge in [0.05, 0.1) is 12.7 Å². The van der Waals surface area contributed by atoms with Gasteiger partial charge in [0.15, 0.2) is 0 Å². The van der Waals surface area contributed by atoms with Gasteiger partial charge in [0, 0.05) is 25.6 Å². The normalized spacial score (nSPS) is 19.2. The van der Waals surface area contributed by atoms with E-state index in [9.17, 15) is 4.79 Å². The fraction of sp³-hybridized carbons (Fsp3) is 0.480. The van der Waals surface area contributed by atoms with Gasteiger partial charge in [0.2, 0.25) is 0 Å². The maximum atomic E-state index is 11.2. The quantitative estimate of drug-likeness (QED) is 0.421. The summed E-state index contributed by atoms with van der Waals surface area (Å²) in [6, 6.07) is 22.0. The first-order chi connectivity index (χ1) is 14.2. The molecule has 29 heavy (non-hydrogen) atoms. The summed E-state index contributed by atoms with van der Waals surface area (Å²) in [6.45, 7) is 4.61. The molecule has 156 valence electrons. The van der Waals surface area contributed by atoms with Gasteiger partial charge in [-0.25, -0.2) is 0 Å². The molecule has 4 nitrogen and oxygen atoms in total. The molecule has 0 spiro atoms. The van der Waals surface area contributed by atoms with Gasteiger partial charge in [-0.15, -0.1) is 0 Å². The predicted octanol–water partition coefficient (Wildman–Crippen LogP) is 4.97. The molecule has 0 amide bonds. The fourth-order valence-electron chi connectivity index (χ4n) is 4.00. The molecule has 0 saturated heterocycles. The molecule has 4 heteroatoms. The van der Waals surface area contributed by atoms with Crippen LogP contribution >= 0.6 is 0 Å². The molecule has 0 N–H and O–H groups in total. The van der Waals surface area contributed by atoms with Crippen LogP contribution in [0.2, 0.25) is 0 Å². The Morgan fingerprint density at radius 1 is 0.862 bits per heavy atom. The highest BCUT2D eigenvalue weighted by Crippen LogP contribution is 2.27. The first-order valence-corrected chi connectivity index (χ1v) is 10.8. The van der Waals surface area contributed by atoms with E-state index in [-0.39, 0.29) is 12.1 Å². The highest BCUT2D eigenvalue weighted by atomic mass is 16.6. The largest absolute Gasteiger partial charge is 0.463 e. The lowest BCUT2D eigenvalue weighted by molar-refractivity contribution is -0.145. The Morgan fingerprint density at radius 2 is 1.41 bits per heavy atom. The monoisotopic (exact) mass is 395 g/mol. The number of carbonyl (C=O) groups excluding carboxylic acids is 1. The molecule has 2 aromatic rings. The SMILES string of the molecule is CCC(=O)OCCOC1CCC(N(Cc2ccccc2)Cc2ccccc2)CC1. The van der Waals surface area contributed by atoms with Crippen LogP contribution in [-0.4, -0.2) is 36.2 Å². The Balaban J connectivity index is 1.51. The lowest BCUT2D eigenvalue weighted by atomic mass is 9.91. The number of esters is 1. The van der Waals surface area contributed by atoms with E-state index in [0.717, 1.165) is 38.8 Å². The van der Waals surface area contributed by atoms with Crippen molar-refractivity contribution >= 4 is 5.97 Å². The van der Waals surface area contributed by atoms with Crippen molar-refractivity contribution in [2.75, 3.05) is 13.2 Å². The lowest BCUT2D eigenvalue weighted by Crippen LogP contribution is -2.39. The molecule has 1 fully saturated rings. The van der Waals surface area contributed by atoms with E-state index in [1.807, 2.05) is 0 Å². The zero-order valence-corrected chi connectivity index (χ0v) is 17.5. The average molecular weight is 396 g/mol. The van der Waals surface area contributed by atoms with E-state index >= 15 is 0 Å². The third-order valence-corrected chi connectivity index (χ3v) is 5.61. The Bertz CT molecular complexity index is 670. The highest BCUT2D eigenvalue weighted by Gasteiger charge is 2.26. The number of hydrogen-bond acceptors (Lipinski definition) is 4. The topological polar surface area (TPSA) is 38.8 Å². The summed E-state index contributed by atoms with van der Waals surface area (Å²) in [7, 11) is 0. The van der Waals surface area contributed by atoms with E-state index in [1.165, 1.54) is 11.1 Å². The van der Waals surface area contributed by atoms with Crippen LogP contribution in [0.1, 0.15) is 50.2 Å². The van der Waals surface area contributed by atoms with Crippen LogP contribution in [0.15, 0.2) is 60.7 Å². The smallest absolute Gasteiger partial charge is 0.305 e. The number of hydrogen-bond donors (Lipinski definition) is 0. The van der Waals surface area contributed by atoms with Gasteiger partial charge in [-0.2, -0.15) is 0 Å². The van der Waals surface area contributed by atoms with Gasteiger partial charge in [-0.1, -0.05) is 67.6 Å². The second-order valence-electron chi connectivity index (χ2n) is 7.75. The summed E-state index contributed by atoms with van der Waals surface area (Å²) in [5, 5.41) is 0. The number of nitrogens with zero attached hydrogens (tertiary/aromatic N) is 1. The summed E-state index contributed by atoms with van der Waals surface area (Å²) in [5.41, 5.74) is 2.72. The molecule has 1 aliphatic rings. The Kier molecular flexibility index (Phi) is 8.72. The molecule has 3 rings (SSSR count). The van der Waals surface area contributed by atoms with E-state index in [1.54, 1.807) is 6.92 Å². The Labute approximate surface area is 174 Å². The Hall–Kier alpha value is -2.17. The van der Waals surface area contributed by atoms with Crippen LogP contribution < -0.4 is 0 Å². The maximum Gasteiger partial charge on any atom is 0.305 e. The molecule has 0 radical (unpaired) electrons.